The molecule has 146 valence electrons. The summed E-state index contributed by atoms with van der Waals surface area (Å²) in [4.78, 5) is 16.2. The zero-order valence-corrected chi connectivity index (χ0v) is 17.7. The average Bonchev–Trinajstić information content (AvgIpc) is 2.72. The second kappa shape index (κ2) is 11.9. The van der Waals surface area contributed by atoms with E-state index in [0.29, 0.717) is 12.2 Å². The molecule has 0 heterocycles. The van der Waals surface area contributed by atoms with E-state index < -0.39 is 5.97 Å². The minimum absolute atomic E-state index is 0.262. The summed E-state index contributed by atoms with van der Waals surface area (Å²) in [5.41, 5.74) is 1.75. The van der Waals surface area contributed by atoms with Crippen LogP contribution in [0.15, 0.2) is 76.2 Å². The van der Waals surface area contributed by atoms with Gasteiger partial charge >= 0.3 is 5.97 Å². The highest BCUT2D eigenvalue weighted by atomic mass is 79.9. The minimum atomic E-state index is -0.498. The van der Waals surface area contributed by atoms with Gasteiger partial charge in [-0.05, 0) is 48.4 Å². The van der Waals surface area contributed by atoms with E-state index >= 15 is 0 Å². The monoisotopic (exact) mass is 441 g/mol. The van der Waals surface area contributed by atoms with Gasteiger partial charge in [0.25, 0.3) is 0 Å². The third kappa shape index (κ3) is 7.53. The van der Waals surface area contributed by atoms with Gasteiger partial charge in [0.2, 0.25) is 5.90 Å². The summed E-state index contributed by atoms with van der Waals surface area (Å²) in [5.74, 6) is 0.550. The molecule has 0 fully saturated rings. The van der Waals surface area contributed by atoms with Gasteiger partial charge < -0.3 is 9.47 Å². The van der Waals surface area contributed by atoms with Crippen LogP contribution in [-0.4, -0.2) is 25.5 Å². The Morgan fingerprint density at radius 3 is 2.43 bits per heavy atom. The molecule has 0 saturated carbocycles. The maximum absolute atomic E-state index is 12.1. The highest BCUT2D eigenvalue weighted by molar-refractivity contribution is 9.12. The normalized spacial score (nSPS) is 12.2. The van der Waals surface area contributed by atoms with E-state index in [1.165, 1.54) is 6.08 Å². The third-order valence-electron chi connectivity index (χ3n) is 3.75. The number of hydrogen-bond donors (Lipinski definition) is 0. The number of allylic oxidation sites excluding steroid dienone is 2. The highest BCUT2D eigenvalue weighted by Gasteiger charge is 2.09. The van der Waals surface area contributed by atoms with Crippen molar-refractivity contribution in [1.82, 2.24) is 0 Å². The molecule has 0 spiro atoms. The van der Waals surface area contributed by atoms with Crippen molar-refractivity contribution in [3.8, 4) is 5.75 Å². The van der Waals surface area contributed by atoms with Crippen LogP contribution in [0, 0.1) is 0 Å². The summed E-state index contributed by atoms with van der Waals surface area (Å²) in [6.07, 6.45) is 7.02. The SMILES string of the molecule is CCCCOc1ccc(C(=NC)OC(=O)/C=C/C(Br)=C/c2ccccc2)cc1. The topological polar surface area (TPSA) is 47.9 Å². The first kappa shape index (κ1) is 21.6. The lowest BCUT2D eigenvalue weighted by Crippen LogP contribution is -2.11. The molecule has 0 aliphatic heterocycles. The first-order valence-corrected chi connectivity index (χ1v) is 9.94. The molecule has 0 aliphatic carbocycles. The van der Waals surface area contributed by atoms with Crippen LogP contribution in [0.1, 0.15) is 30.9 Å². The Morgan fingerprint density at radius 1 is 1.07 bits per heavy atom. The van der Waals surface area contributed by atoms with Crippen LogP contribution >= 0.6 is 15.9 Å². The molecule has 0 atom stereocenters. The van der Waals surface area contributed by atoms with Gasteiger partial charge in [0.1, 0.15) is 5.75 Å². The lowest BCUT2D eigenvalue weighted by atomic mass is 10.2. The Labute approximate surface area is 174 Å². The van der Waals surface area contributed by atoms with Gasteiger partial charge in [-0.25, -0.2) is 4.79 Å². The van der Waals surface area contributed by atoms with Crippen molar-refractivity contribution >= 4 is 33.9 Å². The van der Waals surface area contributed by atoms with Crippen molar-refractivity contribution < 1.29 is 14.3 Å². The summed E-state index contributed by atoms with van der Waals surface area (Å²) < 4.78 is 11.8. The Hall–Kier alpha value is -2.66. The Balaban J connectivity index is 1.94. The molecule has 0 radical (unpaired) electrons. The molecule has 0 aliphatic rings. The second-order valence-corrected chi connectivity index (χ2v) is 6.87. The van der Waals surface area contributed by atoms with Crippen LogP contribution in [0.5, 0.6) is 5.75 Å². The number of halogens is 1. The zero-order chi connectivity index (χ0) is 20.2. The van der Waals surface area contributed by atoms with Crippen molar-refractivity contribution in [2.24, 2.45) is 4.99 Å². The summed E-state index contributed by atoms with van der Waals surface area (Å²) >= 11 is 3.43. The summed E-state index contributed by atoms with van der Waals surface area (Å²) in [7, 11) is 1.59. The average molecular weight is 442 g/mol. The fourth-order valence-corrected chi connectivity index (χ4v) is 2.69. The predicted octanol–water partition coefficient (Wildman–Crippen LogP) is 5.78. The first-order chi connectivity index (χ1) is 13.6. The number of ether oxygens (including phenoxy) is 2. The lowest BCUT2D eigenvalue weighted by Gasteiger charge is -2.08. The molecule has 2 aromatic carbocycles. The molecule has 0 N–H and O–H groups in total. The number of rotatable bonds is 8. The van der Waals surface area contributed by atoms with Crippen LogP contribution in [0.3, 0.4) is 0 Å². The molecular weight excluding hydrogens is 418 g/mol. The summed E-state index contributed by atoms with van der Waals surface area (Å²) in [6, 6.07) is 17.2. The molecule has 5 heteroatoms. The van der Waals surface area contributed by atoms with Crippen molar-refractivity contribution in [1.29, 1.82) is 0 Å². The van der Waals surface area contributed by atoms with Gasteiger partial charge in [0.05, 0.1) is 6.61 Å². The summed E-state index contributed by atoms with van der Waals surface area (Å²) in [5, 5.41) is 0. The number of unbranched alkanes of at least 4 members (excludes halogenated alkanes) is 1. The van der Waals surface area contributed by atoms with Crippen molar-refractivity contribution in [3.05, 3.63) is 82.4 Å². The van der Waals surface area contributed by atoms with Gasteiger partial charge in [0.15, 0.2) is 0 Å². The number of nitrogens with zero attached hydrogens (tertiary/aromatic N) is 1. The molecular formula is C23H24BrNO3. The highest BCUT2D eigenvalue weighted by Crippen LogP contribution is 2.15. The number of esters is 1. The van der Waals surface area contributed by atoms with Crippen LogP contribution in [-0.2, 0) is 9.53 Å². The fraction of sp³-hybridized carbons (Fsp3) is 0.217. The number of carbonyl (C=O) groups excluding carboxylic acids is 1. The van der Waals surface area contributed by atoms with Crippen molar-refractivity contribution in [3.63, 3.8) is 0 Å². The molecule has 4 nitrogen and oxygen atoms in total. The van der Waals surface area contributed by atoms with Crippen molar-refractivity contribution in [2.75, 3.05) is 13.7 Å². The molecule has 2 aromatic rings. The number of benzene rings is 2. The summed E-state index contributed by atoms with van der Waals surface area (Å²) in [6.45, 7) is 2.81. The van der Waals surface area contributed by atoms with Crippen LogP contribution in [0.2, 0.25) is 0 Å². The molecule has 2 rings (SSSR count). The quantitative estimate of drug-likeness (QED) is 0.130. The Kier molecular flexibility index (Phi) is 9.22. The molecule has 0 amide bonds. The molecule has 0 bridgehead atoms. The van der Waals surface area contributed by atoms with E-state index in [9.17, 15) is 4.79 Å². The molecule has 0 aromatic heterocycles. The maximum atomic E-state index is 12.1. The van der Waals surface area contributed by atoms with Gasteiger partial charge in [-0.2, -0.15) is 0 Å². The van der Waals surface area contributed by atoms with Crippen molar-refractivity contribution in [2.45, 2.75) is 19.8 Å². The number of hydrogen-bond acceptors (Lipinski definition) is 4. The van der Waals surface area contributed by atoms with E-state index in [-0.39, 0.29) is 5.90 Å². The van der Waals surface area contributed by atoms with E-state index in [0.717, 1.165) is 28.6 Å². The number of carbonyl (C=O) groups is 1. The van der Waals surface area contributed by atoms with Gasteiger partial charge in [-0.15, -0.1) is 0 Å². The van der Waals surface area contributed by atoms with E-state index in [1.807, 2.05) is 60.7 Å². The third-order valence-corrected chi connectivity index (χ3v) is 4.24. The Morgan fingerprint density at radius 2 is 1.79 bits per heavy atom. The van der Waals surface area contributed by atoms with E-state index in [4.69, 9.17) is 9.47 Å². The minimum Gasteiger partial charge on any atom is -0.494 e. The van der Waals surface area contributed by atoms with Gasteiger partial charge in [-0.1, -0.05) is 59.6 Å². The maximum Gasteiger partial charge on any atom is 0.337 e. The van der Waals surface area contributed by atoms with Gasteiger partial charge in [0, 0.05) is 23.2 Å². The van der Waals surface area contributed by atoms with Crippen LogP contribution in [0.25, 0.3) is 6.08 Å². The van der Waals surface area contributed by atoms with Gasteiger partial charge in [-0.3, -0.25) is 4.99 Å². The first-order valence-electron chi connectivity index (χ1n) is 9.14. The smallest absolute Gasteiger partial charge is 0.337 e. The number of aliphatic imine (C=N–C) groups is 1. The second-order valence-electron chi connectivity index (χ2n) is 5.95. The molecule has 28 heavy (non-hydrogen) atoms. The standard InChI is InChI=1S/C23H24BrNO3/c1-3-4-16-27-21-13-10-19(11-14-21)23(25-2)28-22(26)15-12-20(24)17-18-8-6-5-7-9-18/h5-15,17H,3-4,16H2,1-2H3/b15-12+,20-17-,25-23?. The molecule has 0 saturated heterocycles. The fourth-order valence-electron chi connectivity index (χ4n) is 2.30. The lowest BCUT2D eigenvalue weighted by molar-refractivity contribution is -0.130. The van der Waals surface area contributed by atoms with Crippen LogP contribution in [0.4, 0.5) is 0 Å². The van der Waals surface area contributed by atoms with E-state index in [1.54, 1.807) is 13.1 Å². The Bertz CT molecular complexity index is 840. The largest absolute Gasteiger partial charge is 0.494 e. The predicted molar refractivity (Wildman–Crippen MR) is 118 cm³/mol. The zero-order valence-electron chi connectivity index (χ0n) is 16.1. The molecule has 0 unspecified atom stereocenters. The van der Waals surface area contributed by atoms with E-state index in [2.05, 4.69) is 27.8 Å². The van der Waals surface area contributed by atoms with Crippen LogP contribution < -0.4 is 4.74 Å².